The number of imidazole rings is 1. The summed E-state index contributed by atoms with van der Waals surface area (Å²) < 4.78 is 1.79. The highest BCUT2D eigenvalue weighted by Crippen LogP contribution is 2.46. The molecule has 0 spiro atoms. The van der Waals surface area contributed by atoms with Crippen LogP contribution in [-0.2, 0) is 4.79 Å². The fraction of sp³-hybridized carbons (Fsp3) is 0.217. The standard InChI is InChI=1S/C23H20ClN7O/c24-16-11-26-23-20(19(16)28-18-13-6-5-12(9-13)17(18)21(25)32)29-22(30-23)14-3-1-4-15(10-14)31-8-2-7-27-31/h1-8,10-13,17-18H,9H2,(H2,25,32)(H2,26,28,29,30)/t12-,13+,17+,18?/m1/s1. The molecule has 9 heteroatoms. The van der Waals surface area contributed by atoms with Crippen LogP contribution >= 0.6 is 11.6 Å². The molecule has 32 heavy (non-hydrogen) atoms. The minimum absolute atomic E-state index is 0.111. The summed E-state index contributed by atoms with van der Waals surface area (Å²) in [6.07, 6.45) is 10.4. The smallest absolute Gasteiger partial charge is 0.223 e. The Balaban J connectivity index is 1.40. The van der Waals surface area contributed by atoms with E-state index in [1.807, 2.05) is 36.5 Å². The van der Waals surface area contributed by atoms with Crippen molar-refractivity contribution in [3.8, 4) is 17.1 Å². The first kappa shape index (κ1) is 19.1. The van der Waals surface area contributed by atoms with Gasteiger partial charge in [0.05, 0.1) is 28.5 Å². The number of nitrogens with zero attached hydrogens (tertiary/aromatic N) is 4. The van der Waals surface area contributed by atoms with Crippen molar-refractivity contribution in [3.63, 3.8) is 0 Å². The molecule has 3 aromatic heterocycles. The Labute approximate surface area is 188 Å². The van der Waals surface area contributed by atoms with E-state index < -0.39 is 0 Å². The maximum atomic E-state index is 12.1. The zero-order valence-electron chi connectivity index (χ0n) is 16.9. The van der Waals surface area contributed by atoms with Gasteiger partial charge in [0.1, 0.15) is 11.3 Å². The van der Waals surface area contributed by atoms with Crippen LogP contribution in [0.1, 0.15) is 6.42 Å². The monoisotopic (exact) mass is 445 g/mol. The van der Waals surface area contributed by atoms with Crippen LogP contribution in [0.2, 0.25) is 5.02 Å². The third-order valence-electron chi connectivity index (χ3n) is 6.46. The van der Waals surface area contributed by atoms with Gasteiger partial charge in [0.15, 0.2) is 5.65 Å². The Hall–Kier alpha value is -3.65. The van der Waals surface area contributed by atoms with Crippen LogP contribution in [0.25, 0.3) is 28.2 Å². The summed E-state index contributed by atoms with van der Waals surface area (Å²) in [4.78, 5) is 24.6. The van der Waals surface area contributed by atoms with Crippen LogP contribution in [0.3, 0.4) is 0 Å². The van der Waals surface area contributed by atoms with E-state index in [-0.39, 0.29) is 29.7 Å². The number of nitrogens with two attached hydrogens (primary N) is 1. The molecule has 0 aliphatic heterocycles. The lowest BCUT2D eigenvalue weighted by Gasteiger charge is -2.28. The largest absolute Gasteiger partial charge is 0.378 e. The SMILES string of the molecule is NC(=O)[C@@H]1C(Nc2c(Cl)cnc3nc(-c4cccc(-n5cccn5)c4)[nH]c23)[C@H]2C=C[C@@H]1C2. The number of benzene rings is 1. The topological polar surface area (TPSA) is 115 Å². The molecule has 1 unspecified atom stereocenters. The number of nitrogens with one attached hydrogen (secondary N) is 2. The molecule has 4 atom stereocenters. The molecule has 6 rings (SSSR count). The van der Waals surface area contributed by atoms with E-state index in [0.29, 0.717) is 27.7 Å². The summed E-state index contributed by atoms with van der Waals surface area (Å²) in [6, 6.07) is 9.68. The van der Waals surface area contributed by atoms with Crippen molar-refractivity contribution in [1.82, 2.24) is 24.7 Å². The zero-order valence-corrected chi connectivity index (χ0v) is 17.7. The van der Waals surface area contributed by atoms with Crippen LogP contribution in [0, 0.1) is 17.8 Å². The third kappa shape index (κ3) is 2.98. The highest BCUT2D eigenvalue weighted by atomic mass is 35.5. The molecule has 1 aromatic carbocycles. The van der Waals surface area contributed by atoms with Crippen LogP contribution in [0.15, 0.2) is 61.1 Å². The molecule has 160 valence electrons. The van der Waals surface area contributed by atoms with E-state index in [0.717, 1.165) is 17.7 Å². The number of carbonyl (C=O) groups excluding carboxylic acids is 1. The fourth-order valence-electron chi connectivity index (χ4n) is 5.00. The summed E-state index contributed by atoms with van der Waals surface area (Å²) in [5.74, 6) is 0.531. The van der Waals surface area contributed by atoms with Gasteiger partial charge in [-0.25, -0.2) is 14.6 Å². The number of halogens is 1. The Morgan fingerprint density at radius 3 is 2.94 bits per heavy atom. The van der Waals surface area contributed by atoms with E-state index in [1.54, 1.807) is 17.1 Å². The molecule has 1 saturated carbocycles. The van der Waals surface area contributed by atoms with E-state index in [2.05, 4.69) is 37.5 Å². The number of allylic oxidation sites excluding steroid dienone is 1. The molecular weight excluding hydrogens is 426 g/mol. The van der Waals surface area contributed by atoms with Crippen LogP contribution in [0.5, 0.6) is 0 Å². The number of anilines is 1. The minimum atomic E-state index is -0.290. The minimum Gasteiger partial charge on any atom is -0.378 e. The number of aromatic nitrogens is 5. The number of hydrogen-bond acceptors (Lipinski definition) is 5. The Morgan fingerprint density at radius 1 is 1.25 bits per heavy atom. The van der Waals surface area contributed by atoms with Gasteiger partial charge < -0.3 is 16.0 Å². The maximum absolute atomic E-state index is 12.1. The van der Waals surface area contributed by atoms with Crippen molar-refractivity contribution in [2.24, 2.45) is 23.5 Å². The van der Waals surface area contributed by atoms with E-state index in [4.69, 9.17) is 17.3 Å². The second-order valence-corrected chi connectivity index (χ2v) is 8.72. The molecule has 4 aromatic rings. The lowest BCUT2D eigenvalue weighted by Crippen LogP contribution is -2.41. The maximum Gasteiger partial charge on any atom is 0.223 e. The second-order valence-electron chi connectivity index (χ2n) is 8.31. The predicted molar refractivity (Wildman–Crippen MR) is 122 cm³/mol. The molecule has 1 fully saturated rings. The lowest BCUT2D eigenvalue weighted by atomic mass is 9.88. The third-order valence-corrected chi connectivity index (χ3v) is 6.75. The Kier molecular flexibility index (Phi) is 4.29. The van der Waals surface area contributed by atoms with Gasteiger partial charge in [-0.3, -0.25) is 4.79 Å². The molecule has 4 N–H and O–H groups in total. The number of fused-ring (bicyclic) bond motifs is 3. The van der Waals surface area contributed by atoms with Gasteiger partial charge in [0.25, 0.3) is 0 Å². The van der Waals surface area contributed by atoms with Gasteiger partial charge >= 0.3 is 0 Å². The van der Waals surface area contributed by atoms with Crippen molar-refractivity contribution in [1.29, 1.82) is 0 Å². The summed E-state index contributed by atoms with van der Waals surface area (Å²) in [5, 5.41) is 8.26. The van der Waals surface area contributed by atoms with E-state index >= 15 is 0 Å². The van der Waals surface area contributed by atoms with Crippen molar-refractivity contribution in [2.75, 3.05) is 5.32 Å². The first-order valence-electron chi connectivity index (χ1n) is 10.5. The van der Waals surface area contributed by atoms with Gasteiger partial charge in [-0.1, -0.05) is 35.9 Å². The number of H-pyrrole nitrogens is 1. The molecule has 2 bridgehead atoms. The fourth-order valence-corrected chi connectivity index (χ4v) is 5.20. The van der Waals surface area contributed by atoms with E-state index in [9.17, 15) is 4.79 Å². The van der Waals surface area contributed by atoms with Crippen LogP contribution < -0.4 is 11.1 Å². The van der Waals surface area contributed by atoms with Gasteiger partial charge in [-0.05, 0) is 36.5 Å². The first-order valence-corrected chi connectivity index (χ1v) is 10.8. The van der Waals surface area contributed by atoms with E-state index in [1.165, 1.54) is 0 Å². The summed E-state index contributed by atoms with van der Waals surface area (Å²) in [5.41, 5.74) is 9.49. The number of hydrogen-bond donors (Lipinski definition) is 3. The molecule has 0 radical (unpaired) electrons. The van der Waals surface area contributed by atoms with Gasteiger partial charge in [-0.2, -0.15) is 5.10 Å². The van der Waals surface area contributed by atoms with Gasteiger partial charge in [0, 0.05) is 24.0 Å². The van der Waals surface area contributed by atoms with Gasteiger partial charge in [-0.15, -0.1) is 0 Å². The number of rotatable bonds is 5. The molecule has 2 aliphatic rings. The Bertz CT molecular complexity index is 1360. The lowest BCUT2D eigenvalue weighted by molar-refractivity contribution is -0.122. The summed E-state index contributed by atoms with van der Waals surface area (Å²) in [7, 11) is 0. The highest BCUT2D eigenvalue weighted by molar-refractivity contribution is 6.34. The molecule has 8 nitrogen and oxygen atoms in total. The average Bonchev–Trinajstić information content (AvgIpc) is 3.58. The molecule has 2 aliphatic carbocycles. The van der Waals surface area contributed by atoms with Crippen LogP contribution in [0.4, 0.5) is 5.69 Å². The number of amides is 1. The van der Waals surface area contributed by atoms with Gasteiger partial charge in [0.2, 0.25) is 5.91 Å². The van der Waals surface area contributed by atoms with Crippen molar-refractivity contribution < 1.29 is 4.79 Å². The first-order chi connectivity index (χ1) is 15.6. The number of aromatic amines is 1. The normalized spacial score (nSPS) is 23.8. The summed E-state index contributed by atoms with van der Waals surface area (Å²) in [6.45, 7) is 0. The quantitative estimate of drug-likeness (QED) is 0.406. The average molecular weight is 446 g/mol. The summed E-state index contributed by atoms with van der Waals surface area (Å²) >= 11 is 6.54. The second kappa shape index (κ2) is 7.20. The molecular formula is C23H20ClN7O. The predicted octanol–water partition coefficient (Wildman–Crippen LogP) is 3.55. The molecule has 1 amide bonds. The number of carbonyl (C=O) groups is 1. The van der Waals surface area contributed by atoms with Crippen molar-refractivity contribution >= 4 is 34.4 Å². The number of primary amides is 1. The molecule has 3 heterocycles. The van der Waals surface area contributed by atoms with Crippen molar-refractivity contribution in [2.45, 2.75) is 12.5 Å². The highest BCUT2D eigenvalue weighted by Gasteiger charge is 2.47. The molecule has 0 saturated heterocycles. The van der Waals surface area contributed by atoms with Crippen LogP contribution in [-0.4, -0.2) is 36.7 Å². The number of pyridine rings is 1. The Morgan fingerprint density at radius 2 is 2.12 bits per heavy atom. The van der Waals surface area contributed by atoms with Crippen molar-refractivity contribution in [3.05, 3.63) is 66.1 Å². The zero-order chi connectivity index (χ0) is 21.8.